The topological polar surface area (TPSA) is 134 Å². The number of rotatable bonds is 9. The number of hydrogen-bond acceptors (Lipinski definition) is 10. The average molecular weight is 519 g/mol. The minimum Gasteiger partial charge on any atom is -0.539 e. The van der Waals surface area contributed by atoms with Crippen LogP contribution < -0.4 is 24.0 Å². The molecule has 37 heavy (non-hydrogen) atoms. The van der Waals surface area contributed by atoms with Gasteiger partial charge in [0, 0.05) is 11.1 Å². The Kier molecular flexibility index (Phi) is 7.60. The highest BCUT2D eigenvalue weighted by atomic mass is 32.2. The van der Waals surface area contributed by atoms with E-state index in [2.05, 4.69) is 15.9 Å². The highest BCUT2D eigenvalue weighted by Crippen LogP contribution is 2.43. The summed E-state index contributed by atoms with van der Waals surface area (Å²) in [4.78, 5) is 17.5. The van der Waals surface area contributed by atoms with Gasteiger partial charge in [-0.05, 0) is 23.8 Å². The summed E-state index contributed by atoms with van der Waals surface area (Å²) in [5, 5.41) is 25.8. The van der Waals surface area contributed by atoms with Gasteiger partial charge >= 0.3 is 0 Å². The lowest BCUT2D eigenvalue weighted by Crippen LogP contribution is -2.37. The molecule has 0 radical (unpaired) electrons. The lowest BCUT2D eigenvalue weighted by Gasteiger charge is -2.16. The lowest BCUT2D eigenvalue weighted by atomic mass is 9.98. The number of benzene rings is 2. The molecule has 0 spiro atoms. The fraction of sp³-hybridized carbons (Fsp3) is 0.192. The summed E-state index contributed by atoms with van der Waals surface area (Å²) in [7, 11) is 5.97. The zero-order chi connectivity index (χ0) is 26.5. The van der Waals surface area contributed by atoms with E-state index in [4.69, 9.17) is 19.2 Å². The van der Waals surface area contributed by atoms with Gasteiger partial charge < -0.3 is 23.8 Å². The van der Waals surface area contributed by atoms with E-state index in [1.807, 2.05) is 30.3 Å². The van der Waals surface area contributed by atoms with E-state index in [9.17, 15) is 15.2 Å². The molecule has 4 rings (SSSR count). The van der Waals surface area contributed by atoms with E-state index in [1.165, 1.54) is 28.4 Å². The summed E-state index contributed by atoms with van der Waals surface area (Å²) in [6, 6.07) is 17.0. The van der Waals surface area contributed by atoms with Crippen LogP contribution in [0.15, 0.2) is 58.1 Å². The molecule has 10 nitrogen and oxygen atoms in total. The second-order valence-corrected chi connectivity index (χ2v) is 8.64. The summed E-state index contributed by atoms with van der Waals surface area (Å²) in [6.07, 6.45) is 0. The lowest BCUT2D eigenvalue weighted by molar-refractivity contribution is -0.741. The smallest absolute Gasteiger partial charge is 0.300 e. The predicted octanol–water partition coefficient (Wildman–Crippen LogP) is 3.17. The van der Waals surface area contributed by atoms with Gasteiger partial charge in [-0.15, -0.1) is 0 Å². The van der Waals surface area contributed by atoms with Gasteiger partial charge in [0.05, 0.1) is 43.6 Å². The number of methoxy groups -OCH3 is 3. The molecule has 0 saturated heterocycles. The molecule has 2 heterocycles. The predicted molar refractivity (Wildman–Crippen MR) is 132 cm³/mol. The molecule has 0 bridgehead atoms. The summed E-state index contributed by atoms with van der Waals surface area (Å²) < 4.78 is 22.1. The van der Waals surface area contributed by atoms with Crippen molar-refractivity contribution in [1.29, 1.82) is 5.26 Å². The highest BCUT2D eigenvalue weighted by Gasteiger charge is 2.25. The van der Waals surface area contributed by atoms with Crippen molar-refractivity contribution in [2.75, 3.05) is 27.1 Å². The molecule has 0 saturated carbocycles. The van der Waals surface area contributed by atoms with E-state index in [0.717, 1.165) is 22.0 Å². The van der Waals surface area contributed by atoms with Gasteiger partial charge in [0.25, 0.3) is 5.69 Å². The minimum atomic E-state index is -0.822. The fourth-order valence-corrected chi connectivity index (χ4v) is 4.63. The summed E-state index contributed by atoms with van der Waals surface area (Å²) >= 11 is 1.05. The SMILES string of the molecule is COc1cc(-c2cc(-c3ccccc3)nc(SCC(=O)c3c([O-])on[n+]3C)c2C#N)cc(OC)c1OC. The van der Waals surface area contributed by atoms with Crippen LogP contribution in [0.3, 0.4) is 0 Å². The van der Waals surface area contributed by atoms with Crippen LogP contribution in [0.25, 0.3) is 22.4 Å². The van der Waals surface area contributed by atoms with Crippen molar-refractivity contribution < 1.29 is 33.3 Å². The van der Waals surface area contributed by atoms with Gasteiger partial charge in [-0.1, -0.05) is 46.8 Å². The van der Waals surface area contributed by atoms with Gasteiger partial charge in [0.15, 0.2) is 24.5 Å². The number of thioether (sulfide) groups is 1. The van der Waals surface area contributed by atoms with Crippen molar-refractivity contribution in [2.24, 2.45) is 7.05 Å². The summed E-state index contributed by atoms with van der Waals surface area (Å²) in [6.45, 7) is 0. The molecular formula is C26H22N4O6S. The van der Waals surface area contributed by atoms with Crippen LogP contribution in [0.2, 0.25) is 0 Å². The number of hydrogen-bond donors (Lipinski definition) is 0. The third-order valence-corrected chi connectivity index (χ3v) is 6.49. The van der Waals surface area contributed by atoms with Crippen LogP contribution in [-0.4, -0.2) is 43.1 Å². The number of nitriles is 1. The Hall–Kier alpha value is -4.56. The average Bonchev–Trinajstić information content (AvgIpc) is 3.28. The third-order valence-electron chi connectivity index (χ3n) is 5.51. The van der Waals surface area contributed by atoms with E-state index >= 15 is 0 Å². The number of ether oxygens (including phenoxy) is 3. The van der Waals surface area contributed by atoms with Crippen molar-refractivity contribution in [1.82, 2.24) is 10.3 Å². The van der Waals surface area contributed by atoms with Gasteiger partial charge in [0.2, 0.25) is 11.5 Å². The van der Waals surface area contributed by atoms with Crippen molar-refractivity contribution in [3.05, 3.63) is 59.8 Å². The quantitative estimate of drug-likeness (QED) is 0.185. The van der Waals surface area contributed by atoms with Crippen LogP contribution in [0, 0.1) is 11.3 Å². The molecule has 0 fully saturated rings. The first-order chi connectivity index (χ1) is 17.9. The van der Waals surface area contributed by atoms with Gasteiger partial charge in [-0.3, -0.25) is 4.79 Å². The molecule has 0 atom stereocenters. The molecular weight excluding hydrogens is 496 g/mol. The molecule has 2 aromatic carbocycles. The van der Waals surface area contributed by atoms with Crippen LogP contribution in [0.4, 0.5) is 0 Å². The summed E-state index contributed by atoms with van der Waals surface area (Å²) in [5.41, 5.74) is 2.68. The molecule has 0 unspecified atom stereocenters. The molecule has 0 aliphatic rings. The van der Waals surface area contributed by atoms with Crippen LogP contribution >= 0.6 is 11.8 Å². The van der Waals surface area contributed by atoms with E-state index in [-0.39, 0.29) is 17.0 Å². The number of Topliss-reactive ketones (excluding diaryl/α,β-unsaturated/α-hetero) is 1. The first-order valence-corrected chi connectivity index (χ1v) is 11.9. The number of aromatic nitrogens is 3. The van der Waals surface area contributed by atoms with Crippen molar-refractivity contribution in [3.8, 4) is 51.6 Å². The Balaban J connectivity index is 1.86. The normalized spacial score (nSPS) is 10.6. The van der Waals surface area contributed by atoms with E-state index in [0.29, 0.717) is 39.1 Å². The number of aryl methyl sites for hydroxylation is 1. The Morgan fingerprint density at radius 1 is 1.08 bits per heavy atom. The fourth-order valence-electron chi connectivity index (χ4n) is 3.77. The molecule has 11 heteroatoms. The van der Waals surface area contributed by atoms with Crippen LogP contribution in [0.5, 0.6) is 23.2 Å². The molecule has 4 aromatic rings. The Labute approximate surface area is 217 Å². The summed E-state index contributed by atoms with van der Waals surface area (Å²) in [5.74, 6) is -0.211. The number of ketones is 1. The van der Waals surface area contributed by atoms with Crippen molar-refractivity contribution >= 4 is 17.5 Å². The third kappa shape index (κ3) is 5.05. The molecule has 0 aliphatic heterocycles. The maximum atomic E-state index is 12.8. The second kappa shape index (κ2) is 11.0. The number of carbonyl (C=O) groups excluding carboxylic acids is 1. The number of carbonyl (C=O) groups is 1. The van der Waals surface area contributed by atoms with Crippen molar-refractivity contribution in [2.45, 2.75) is 5.03 Å². The molecule has 0 aliphatic carbocycles. The maximum Gasteiger partial charge on any atom is 0.300 e. The molecule has 2 aromatic heterocycles. The van der Waals surface area contributed by atoms with Gasteiger partial charge in [-0.25, -0.2) is 4.98 Å². The van der Waals surface area contributed by atoms with E-state index in [1.54, 1.807) is 18.2 Å². The monoisotopic (exact) mass is 518 g/mol. The zero-order valence-electron chi connectivity index (χ0n) is 20.5. The van der Waals surface area contributed by atoms with Crippen molar-refractivity contribution in [3.63, 3.8) is 0 Å². The van der Waals surface area contributed by atoms with Gasteiger partial charge in [0.1, 0.15) is 11.1 Å². The number of pyridine rings is 1. The van der Waals surface area contributed by atoms with Gasteiger partial charge in [-0.2, -0.15) is 5.26 Å². The largest absolute Gasteiger partial charge is 0.539 e. The standard InChI is InChI=1S/C26H22N4O6S/c1-30-23(26(32)36-29-30)20(31)14-37-25-18(13-27)17(12-19(28-25)15-8-6-5-7-9-15)16-10-21(33-2)24(35-4)22(11-16)34-3/h5-12H,14H2,1-4H3. The Bertz CT molecular complexity index is 1450. The zero-order valence-corrected chi connectivity index (χ0v) is 21.3. The number of nitrogens with zero attached hydrogens (tertiary/aromatic N) is 4. The highest BCUT2D eigenvalue weighted by molar-refractivity contribution is 8.00. The molecule has 188 valence electrons. The first kappa shape index (κ1) is 25.5. The molecule has 0 amide bonds. The Morgan fingerprint density at radius 3 is 2.30 bits per heavy atom. The van der Waals surface area contributed by atoms with Crippen LogP contribution in [-0.2, 0) is 7.05 Å². The Morgan fingerprint density at radius 2 is 1.76 bits per heavy atom. The molecule has 0 N–H and O–H groups in total. The second-order valence-electron chi connectivity index (χ2n) is 7.67. The maximum absolute atomic E-state index is 12.8. The first-order valence-electron chi connectivity index (χ1n) is 10.9. The van der Waals surface area contributed by atoms with Crippen LogP contribution in [0.1, 0.15) is 16.1 Å². The minimum absolute atomic E-state index is 0.154. The van der Waals surface area contributed by atoms with E-state index < -0.39 is 11.7 Å².